The molecule has 2 aromatic rings. The second-order valence-corrected chi connectivity index (χ2v) is 9.59. The van der Waals surface area contributed by atoms with E-state index in [1.165, 1.54) is 4.31 Å². The van der Waals surface area contributed by atoms with Gasteiger partial charge in [0.15, 0.2) is 0 Å². The Labute approximate surface area is 178 Å². The van der Waals surface area contributed by atoms with E-state index < -0.39 is 10.0 Å². The minimum absolute atomic E-state index is 0.0149. The van der Waals surface area contributed by atoms with Crippen molar-refractivity contribution in [2.24, 2.45) is 0 Å². The zero-order valence-electron chi connectivity index (χ0n) is 15.3. The standard InChI is InChI=1S/C18H22IN5O3S/c19-16-6-2-1-5-15(16)17(25)20-9-4-14-28(26,27)24-12-10-23(11-13-24)18-21-7-3-8-22-18/h1-3,5-8H,4,9-14H2,(H,20,25). The number of sulfonamides is 1. The van der Waals surface area contributed by atoms with Crippen molar-refractivity contribution in [1.82, 2.24) is 19.6 Å². The number of piperazine rings is 1. The van der Waals surface area contributed by atoms with Gasteiger partial charge in [0.05, 0.1) is 11.3 Å². The summed E-state index contributed by atoms with van der Waals surface area (Å²) in [7, 11) is -3.35. The molecule has 1 N–H and O–H groups in total. The number of hydrogen-bond donors (Lipinski definition) is 1. The fourth-order valence-electron chi connectivity index (χ4n) is 2.95. The van der Waals surface area contributed by atoms with Crippen molar-refractivity contribution in [2.75, 3.05) is 43.4 Å². The zero-order chi connectivity index (χ0) is 20.0. The molecule has 150 valence electrons. The summed E-state index contributed by atoms with van der Waals surface area (Å²) in [5, 5.41) is 2.79. The number of nitrogens with zero attached hydrogens (tertiary/aromatic N) is 4. The van der Waals surface area contributed by atoms with Gasteiger partial charge in [0.1, 0.15) is 0 Å². The van der Waals surface area contributed by atoms with E-state index in [1.807, 2.05) is 23.1 Å². The van der Waals surface area contributed by atoms with E-state index in [0.29, 0.717) is 50.7 Å². The highest BCUT2D eigenvalue weighted by Crippen LogP contribution is 2.14. The predicted molar refractivity (Wildman–Crippen MR) is 116 cm³/mol. The van der Waals surface area contributed by atoms with Crippen molar-refractivity contribution in [1.29, 1.82) is 0 Å². The first-order valence-electron chi connectivity index (χ1n) is 9.00. The van der Waals surface area contributed by atoms with Crippen LogP contribution in [-0.2, 0) is 10.0 Å². The van der Waals surface area contributed by atoms with Gasteiger partial charge in [0.2, 0.25) is 16.0 Å². The van der Waals surface area contributed by atoms with Gasteiger partial charge in [-0.1, -0.05) is 12.1 Å². The van der Waals surface area contributed by atoms with E-state index in [4.69, 9.17) is 0 Å². The molecule has 1 aliphatic rings. The van der Waals surface area contributed by atoms with Gasteiger partial charge in [-0.15, -0.1) is 0 Å². The summed E-state index contributed by atoms with van der Waals surface area (Å²) in [6.07, 6.45) is 3.73. The number of aromatic nitrogens is 2. The molecule has 28 heavy (non-hydrogen) atoms. The SMILES string of the molecule is O=C(NCCCS(=O)(=O)N1CCN(c2ncccn2)CC1)c1ccccc1I. The summed E-state index contributed by atoms with van der Waals surface area (Å²) < 4.78 is 27.5. The summed E-state index contributed by atoms with van der Waals surface area (Å²) in [4.78, 5) is 22.6. The smallest absolute Gasteiger partial charge is 0.252 e. The fraction of sp³-hybridized carbons (Fsp3) is 0.389. The summed E-state index contributed by atoms with van der Waals surface area (Å²) in [5.41, 5.74) is 0.602. The number of carbonyl (C=O) groups excluding carboxylic acids is 1. The second-order valence-electron chi connectivity index (χ2n) is 6.34. The lowest BCUT2D eigenvalue weighted by molar-refractivity contribution is 0.0952. The summed E-state index contributed by atoms with van der Waals surface area (Å²) in [6.45, 7) is 2.27. The molecular weight excluding hydrogens is 493 g/mol. The highest BCUT2D eigenvalue weighted by molar-refractivity contribution is 14.1. The molecule has 1 aliphatic heterocycles. The molecule has 0 saturated carbocycles. The van der Waals surface area contributed by atoms with E-state index in [0.717, 1.165) is 3.57 Å². The average molecular weight is 515 g/mol. The molecule has 0 radical (unpaired) electrons. The molecule has 1 fully saturated rings. The third-order valence-electron chi connectivity index (χ3n) is 4.45. The highest BCUT2D eigenvalue weighted by Gasteiger charge is 2.27. The van der Waals surface area contributed by atoms with Gasteiger partial charge >= 0.3 is 0 Å². The maximum atomic E-state index is 12.6. The lowest BCUT2D eigenvalue weighted by Crippen LogP contribution is -2.49. The molecule has 1 saturated heterocycles. The fourth-order valence-corrected chi connectivity index (χ4v) is 5.07. The van der Waals surface area contributed by atoms with Crippen LogP contribution in [0.1, 0.15) is 16.8 Å². The van der Waals surface area contributed by atoms with Crippen molar-refractivity contribution in [3.05, 3.63) is 51.9 Å². The van der Waals surface area contributed by atoms with Gasteiger partial charge in [-0.2, -0.15) is 4.31 Å². The van der Waals surface area contributed by atoms with Crippen LogP contribution in [0.4, 0.5) is 5.95 Å². The Bertz CT molecular complexity index is 902. The topological polar surface area (TPSA) is 95.5 Å². The normalized spacial score (nSPS) is 15.4. The molecule has 0 unspecified atom stereocenters. The number of nitrogens with one attached hydrogen (secondary N) is 1. The number of benzene rings is 1. The molecule has 0 bridgehead atoms. The Morgan fingerprint density at radius 3 is 2.43 bits per heavy atom. The van der Waals surface area contributed by atoms with Gasteiger partial charge in [-0.25, -0.2) is 18.4 Å². The van der Waals surface area contributed by atoms with Crippen molar-refractivity contribution >= 4 is 44.5 Å². The maximum Gasteiger partial charge on any atom is 0.252 e. The second kappa shape index (κ2) is 9.61. The first kappa shape index (κ1) is 20.9. The Hall–Kier alpha value is -1.79. The van der Waals surface area contributed by atoms with E-state index >= 15 is 0 Å². The molecule has 3 rings (SSSR count). The van der Waals surface area contributed by atoms with Gasteiger partial charge in [-0.05, 0) is 47.2 Å². The minimum Gasteiger partial charge on any atom is -0.352 e. The summed E-state index contributed by atoms with van der Waals surface area (Å²) >= 11 is 2.11. The molecular formula is C18H22IN5O3S. The number of rotatable bonds is 7. The minimum atomic E-state index is -3.35. The lowest BCUT2D eigenvalue weighted by Gasteiger charge is -2.33. The first-order valence-corrected chi connectivity index (χ1v) is 11.7. The highest BCUT2D eigenvalue weighted by atomic mass is 127. The Kier molecular flexibility index (Phi) is 7.18. The predicted octanol–water partition coefficient (Wildman–Crippen LogP) is 1.35. The monoisotopic (exact) mass is 515 g/mol. The number of hydrogen-bond acceptors (Lipinski definition) is 6. The van der Waals surface area contributed by atoms with Crippen LogP contribution in [0.3, 0.4) is 0 Å². The average Bonchev–Trinajstić information content (AvgIpc) is 2.72. The van der Waals surface area contributed by atoms with Crippen LogP contribution in [0.2, 0.25) is 0 Å². The summed E-state index contributed by atoms with van der Waals surface area (Å²) in [6, 6.07) is 9.04. The van der Waals surface area contributed by atoms with Crippen LogP contribution in [0.15, 0.2) is 42.7 Å². The van der Waals surface area contributed by atoms with E-state index in [2.05, 4.69) is 37.9 Å². The van der Waals surface area contributed by atoms with Crippen molar-refractivity contribution in [2.45, 2.75) is 6.42 Å². The molecule has 0 atom stereocenters. The van der Waals surface area contributed by atoms with Crippen molar-refractivity contribution in [3.8, 4) is 0 Å². The zero-order valence-corrected chi connectivity index (χ0v) is 18.3. The molecule has 10 heteroatoms. The van der Waals surface area contributed by atoms with Crippen molar-refractivity contribution in [3.63, 3.8) is 0 Å². The van der Waals surface area contributed by atoms with Crippen LogP contribution in [0.5, 0.6) is 0 Å². The summed E-state index contributed by atoms with van der Waals surface area (Å²) in [5.74, 6) is 0.456. The number of anilines is 1. The van der Waals surface area contributed by atoms with Crippen LogP contribution in [0.25, 0.3) is 0 Å². The lowest BCUT2D eigenvalue weighted by atomic mass is 10.2. The largest absolute Gasteiger partial charge is 0.352 e. The molecule has 1 aromatic heterocycles. The third kappa shape index (κ3) is 5.39. The van der Waals surface area contributed by atoms with Crippen LogP contribution >= 0.6 is 22.6 Å². The number of carbonyl (C=O) groups is 1. The van der Waals surface area contributed by atoms with Gasteiger partial charge in [0.25, 0.3) is 5.91 Å². The van der Waals surface area contributed by atoms with Gasteiger partial charge in [-0.3, -0.25) is 4.79 Å². The quantitative estimate of drug-likeness (QED) is 0.442. The van der Waals surface area contributed by atoms with E-state index in [9.17, 15) is 13.2 Å². The van der Waals surface area contributed by atoms with E-state index in [1.54, 1.807) is 24.5 Å². The Morgan fingerprint density at radius 2 is 1.75 bits per heavy atom. The van der Waals surface area contributed by atoms with E-state index in [-0.39, 0.29) is 11.7 Å². The molecule has 1 amide bonds. The first-order chi connectivity index (χ1) is 13.5. The molecule has 0 spiro atoms. The molecule has 0 aliphatic carbocycles. The van der Waals surface area contributed by atoms with Crippen molar-refractivity contribution < 1.29 is 13.2 Å². The molecule has 1 aromatic carbocycles. The van der Waals surface area contributed by atoms with Gasteiger partial charge in [0, 0.05) is 48.7 Å². The van der Waals surface area contributed by atoms with Crippen LogP contribution in [0, 0.1) is 3.57 Å². The number of amides is 1. The third-order valence-corrected chi connectivity index (χ3v) is 7.35. The Balaban J connectivity index is 1.43. The maximum absolute atomic E-state index is 12.6. The Morgan fingerprint density at radius 1 is 1.07 bits per heavy atom. The molecule has 2 heterocycles. The van der Waals surface area contributed by atoms with Gasteiger partial charge < -0.3 is 10.2 Å². The van der Waals surface area contributed by atoms with Crippen LogP contribution in [-0.4, -0.2) is 67.1 Å². The number of halogens is 1. The van der Waals surface area contributed by atoms with Crippen LogP contribution < -0.4 is 10.2 Å². The molecule has 8 nitrogen and oxygen atoms in total.